The van der Waals surface area contributed by atoms with Gasteiger partial charge in [0.1, 0.15) is 0 Å². The lowest BCUT2D eigenvalue weighted by Crippen LogP contribution is -2.44. The lowest BCUT2D eigenvalue weighted by atomic mass is 10.0. The molecular weight excluding hydrogens is 364 g/mol. The number of aromatic amines is 1. The number of rotatable bonds is 5. The number of aromatic nitrogens is 2. The summed E-state index contributed by atoms with van der Waals surface area (Å²) < 4.78 is 0. The standard InChI is InChI=1S/C23H24N4O2/c1-26-10-12-27(13-11-26)20-4-2-17(3-5-20)14-22(28)21-15-19(16-25-23(21)29)18-6-8-24-9-7-18/h2-9,15-16H,10-14H2,1H3,(H,25,29). The Morgan fingerprint density at radius 2 is 1.69 bits per heavy atom. The van der Waals surface area contributed by atoms with Crippen molar-refractivity contribution in [1.29, 1.82) is 0 Å². The van der Waals surface area contributed by atoms with Crippen LogP contribution in [0.25, 0.3) is 11.1 Å². The lowest BCUT2D eigenvalue weighted by molar-refractivity contribution is 0.0991. The van der Waals surface area contributed by atoms with E-state index in [0.717, 1.165) is 42.9 Å². The number of hydrogen-bond donors (Lipinski definition) is 1. The van der Waals surface area contributed by atoms with Gasteiger partial charge in [-0.15, -0.1) is 0 Å². The fourth-order valence-corrected chi connectivity index (χ4v) is 3.57. The second-order valence-corrected chi connectivity index (χ2v) is 7.42. The average Bonchev–Trinajstić information content (AvgIpc) is 2.76. The van der Waals surface area contributed by atoms with Gasteiger partial charge in [-0.1, -0.05) is 12.1 Å². The molecule has 0 bridgehead atoms. The van der Waals surface area contributed by atoms with Crippen LogP contribution in [-0.2, 0) is 6.42 Å². The van der Waals surface area contributed by atoms with Crippen molar-refractivity contribution < 1.29 is 4.79 Å². The first kappa shape index (κ1) is 19.1. The lowest BCUT2D eigenvalue weighted by Gasteiger charge is -2.34. The molecule has 1 N–H and O–H groups in total. The van der Waals surface area contributed by atoms with E-state index in [9.17, 15) is 9.59 Å². The van der Waals surface area contributed by atoms with Crippen molar-refractivity contribution in [3.63, 3.8) is 0 Å². The van der Waals surface area contributed by atoms with Crippen LogP contribution in [0.3, 0.4) is 0 Å². The Labute approximate surface area is 169 Å². The van der Waals surface area contributed by atoms with Gasteiger partial charge in [0.05, 0.1) is 5.56 Å². The van der Waals surface area contributed by atoms with Crippen molar-refractivity contribution in [1.82, 2.24) is 14.9 Å². The van der Waals surface area contributed by atoms with E-state index in [-0.39, 0.29) is 23.3 Å². The van der Waals surface area contributed by atoms with Crippen LogP contribution in [0.15, 0.2) is 65.8 Å². The SMILES string of the molecule is CN1CCN(c2ccc(CC(=O)c3cc(-c4ccncc4)c[nH]c3=O)cc2)CC1. The van der Waals surface area contributed by atoms with Crippen LogP contribution in [0, 0.1) is 0 Å². The Bertz CT molecular complexity index is 1040. The smallest absolute Gasteiger partial charge is 0.258 e. The predicted octanol–water partition coefficient (Wildman–Crippen LogP) is 2.61. The third-order valence-electron chi connectivity index (χ3n) is 5.39. The zero-order valence-electron chi connectivity index (χ0n) is 16.5. The summed E-state index contributed by atoms with van der Waals surface area (Å²) >= 11 is 0. The van der Waals surface area contributed by atoms with Gasteiger partial charge < -0.3 is 14.8 Å². The van der Waals surface area contributed by atoms with Gasteiger partial charge in [-0.25, -0.2) is 0 Å². The molecule has 0 spiro atoms. The maximum absolute atomic E-state index is 12.8. The molecule has 29 heavy (non-hydrogen) atoms. The van der Waals surface area contributed by atoms with Crippen molar-refractivity contribution in [3.05, 3.63) is 82.5 Å². The van der Waals surface area contributed by atoms with Gasteiger partial charge in [0.2, 0.25) is 0 Å². The topological polar surface area (TPSA) is 69.3 Å². The minimum atomic E-state index is -0.359. The van der Waals surface area contributed by atoms with Crippen LogP contribution in [0.5, 0.6) is 0 Å². The molecule has 1 aliphatic heterocycles. The van der Waals surface area contributed by atoms with Crippen LogP contribution in [0.1, 0.15) is 15.9 Å². The molecule has 3 heterocycles. The highest BCUT2D eigenvalue weighted by molar-refractivity contribution is 5.98. The maximum Gasteiger partial charge on any atom is 0.258 e. The number of anilines is 1. The van der Waals surface area contributed by atoms with Gasteiger partial charge in [-0.05, 0) is 54.1 Å². The van der Waals surface area contributed by atoms with E-state index in [0.29, 0.717) is 0 Å². The summed E-state index contributed by atoms with van der Waals surface area (Å²) in [5.41, 5.74) is 3.60. The number of hydrogen-bond acceptors (Lipinski definition) is 5. The van der Waals surface area contributed by atoms with E-state index in [1.807, 2.05) is 24.3 Å². The maximum atomic E-state index is 12.8. The van der Waals surface area contributed by atoms with E-state index in [1.165, 1.54) is 5.69 Å². The summed E-state index contributed by atoms with van der Waals surface area (Å²) in [5, 5.41) is 0. The number of nitrogens with zero attached hydrogens (tertiary/aromatic N) is 3. The Balaban J connectivity index is 1.49. The normalized spacial score (nSPS) is 14.7. The molecule has 0 radical (unpaired) electrons. The second-order valence-electron chi connectivity index (χ2n) is 7.42. The molecule has 6 heteroatoms. The quantitative estimate of drug-likeness (QED) is 0.681. The van der Waals surface area contributed by atoms with E-state index in [2.05, 4.69) is 38.9 Å². The third-order valence-corrected chi connectivity index (χ3v) is 5.39. The number of piperazine rings is 1. The number of Topliss-reactive ketones (excluding diaryl/α,β-unsaturated/α-hetero) is 1. The van der Waals surface area contributed by atoms with Crippen LogP contribution >= 0.6 is 0 Å². The van der Waals surface area contributed by atoms with Crippen molar-refractivity contribution >= 4 is 11.5 Å². The molecule has 1 fully saturated rings. The van der Waals surface area contributed by atoms with E-state index < -0.39 is 0 Å². The summed E-state index contributed by atoms with van der Waals surface area (Å²) in [7, 11) is 2.14. The minimum Gasteiger partial charge on any atom is -0.369 e. The molecule has 0 aliphatic carbocycles. The molecule has 0 atom stereocenters. The molecule has 4 rings (SSSR count). The van der Waals surface area contributed by atoms with E-state index in [1.54, 1.807) is 24.7 Å². The monoisotopic (exact) mass is 388 g/mol. The molecule has 0 unspecified atom stereocenters. The number of ketones is 1. The number of benzene rings is 1. The fraction of sp³-hybridized carbons (Fsp3) is 0.261. The Kier molecular flexibility index (Phi) is 5.53. The van der Waals surface area contributed by atoms with Gasteiger partial charge in [0.15, 0.2) is 5.78 Å². The largest absolute Gasteiger partial charge is 0.369 e. The fourth-order valence-electron chi connectivity index (χ4n) is 3.57. The van der Waals surface area contributed by atoms with E-state index >= 15 is 0 Å². The average molecular weight is 388 g/mol. The third kappa shape index (κ3) is 4.43. The molecule has 1 aromatic carbocycles. The summed E-state index contributed by atoms with van der Waals surface area (Å²) in [5.74, 6) is -0.186. The molecule has 0 amide bonds. The number of H-pyrrole nitrogens is 1. The number of pyridine rings is 2. The van der Waals surface area contributed by atoms with Crippen LogP contribution in [0.2, 0.25) is 0 Å². The zero-order valence-corrected chi connectivity index (χ0v) is 16.5. The van der Waals surface area contributed by atoms with Crippen molar-refractivity contribution in [2.24, 2.45) is 0 Å². The number of carbonyl (C=O) groups is 1. The summed E-state index contributed by atoms with van der Waals surface area (Å²) in [4.78, 5) is 36.4. The Hall–Kier alpha value is -3.25. The summed E-state index contributed by atoms with van der Waals surface area (Å²) in [6, 6.07) is 13.4. The highest BCUT2D eigenvalue weighted by Gasteiger charge is 2.16. The second kappa shape index (κ2) is 8.41. The highest BCUT2D eigenvalue weighted by Crippen LogP contribution is 2.20. The van der Waals surface area contributed by atoms with Gasteiger partial charge in [-0.3, -0.25) is 14.6 Å². The summed E-state index contributed by atoms with van der Waals surface area (Å²) in [6.07, 6.45) is 5.19. The van der Waals surface area contributed by atoms with E-state index in [4.69, 9.17) is 0 Å². The first-order valence-corrected chi connectivity index (χ1v) is 9.79. The molecule has 6 nitrogen and oxygen atoms in total. The predicted molar refractivity (Wildman–Crippen MR) is 114 cm³/mol. The van der Waals surface area contributed by atoms with Gasteiger partial charge >= 0.3 is 0 Å². The Morgan fingerprint density at radius 1 is 1.00 bits per heavy atom. The van der Waals surface area contributed by atoms with Gasteiger partial charge in [-0.2, -0.15) is 0 Å². The molecule has 1 aliphatic rings. The van der Waals surface area contributed by atoms with Crippen LogP contribution in [0.4, 0.5) is 5.69 Å². The summed E-state index contributed by atoms with van der Waals surface area (Å²) in [6.45, 7) is 4.12. The number of nitrogens with one attached hydrogen (secondary N) is 1. The minimum absolute atomic E-state index is 0.183. The van der Waals surface area contributed by atoms with Crippen molar-refractivity contribution in [2.75, 3.05) is 38.1 Å². The molecule has 3 aromatic rings. The zero-order chi connectivity index (χ0) is 20.2. The molecule has 1 saturated heterocycles. The molecule has 2 aromatic heterocycles. The van der Waals surface area contributed by atoms with Crippen molar-refractivity contribution in [2.45, 2.75) is 6.42 Å². The number of likely N-dealkylation sites (N-methyl/N-ethyl adjacent to an activating group) is 1. The first-order valence-electron chi connectivity index (χ1n) is 9.79. The molecular formula is C23H24N4O2. The highest BCUT2D eigenvalue weighted by atomic mass is 16.1. The Morgan fingerprint density at radius 3 is 2.38 bits per heavy atom. The number of carbonyl (C=O) groups excluding carboxylic acids is 1. The van der Waals surface area contributed by atoms with Gasteiger partial charge in [0.25, 0.3) is 5.56 Å². The molecule has 0 saturated carbocycles. The molecule has 148 valence electrons. The first-order chi connectivity index (χ1) is 14.1. The van der Waals surface area contributed by atoms with Gasteiger partial charge in [0, 0.05) is 56.9 Å². The van der Waals surface area contributed by atoms with Crippen LogP contribution < -0.4 is 10.5 Å². The van der Waals surface area contributed by atoms with Crippen molar-refractivity contribution in [3.8, 4) is 11.1 Å². The van der Waals surface area contributed by atoms with Crippen LogP contribution in [-0.4, -0.2) is 53.9 Å².